The van der Waals surface area contributed by atoms with E-state index < -0.39 is 10.0 Å². The quantitative estimate of drug-likeness (QED) is 0.806. The molecule has 6 heteroatoms. The SMILES string of the molecule is Cl.Nc1ccc2c(c1)CCCC2NS(=O)(=O)CCC1CCC1. The molecule has 2 aliphatic rings. The fourth-order valence-corrected chi connectivity index (χ4v) is 4.78. The second-order valence-electron chi connectivity index (χ2n) is 6.43. The second kappa shape index (κ2) is 7.20. The van der Waals surface area contributed by atoms with Crippen LogP contribution in [-0.4, -0.2) is 14.2 Å². The van der Waals surface area contributed by atoms with Gasteiger partial charge in [-0.2, -0.15) is 0 Å². The maximum atomic E-state index is 12.3. The van der Waals surface area contributed by atoms with Crippen LogP contribution in [0.5, 0.6) is 0 Å². The summed E-state index contributed by atoms with van der Waals surface area (Å²) in [6, 6.07) is 5.73. The van der Waals surface area contributed by atoms with Crippen LogP contribution in [0.3, 0.4) is 0 Å². The molecule has 3 N–H and O–H groups in total. The van der Waals surface area contributed by atoms with Gasteiger partial charge in [-0.25, -0.2) is 13.1 Å². The second-order valence-corrected chi connectivity index (χ2v) is 8.30. The fraction of sp³-hybridized carbons (Fsp3) is 0.625. The van der Waals surface area contributed by atoms with Crippen molar-refractivity contribution in [3.05, 3.63) is 29.3 Å². The van der Waals surface area contributed by atoms with Crippen molar-refractivity contribution in [2.45, 2.75) is 51.0 Å². The molecule has 0 bridgehead atoms. The van der Waals surface area contributed by atoms with Gasteiger partial charge in [0.15, 0.2) is 0 Å². The number of hydrogen-bond acceptors (Lipinski definition) is 3. The Morgan fingerprint density at radius 3 is 2.64 bits per heavy atom. The van der Waals surface area contributed by atoms with Crippen LogP contribution >= 0.6 is 12.4 Å². The van der Waals surface area contributed by atoms with Crippen molar-refractivity contribution in [3.8, 4) is 0 Å². The van der Waals surface area contributed by atoms with Crippen molar-refractivity contribution in [1.29, 1.82) is 0 Å². The van der Waals surface area contributed by atoms with Gasteiger partial charge in [0.25, 0.3) is 0 Å². The molecule has 0 aliphatic heterocycles. The largest absolute Gasteiger partial charge is 0.399 e. The molecule has 0 aromatic heterocycles. The molecule has 0 saturated heterocycles. The highest BCUT2D eigenvalue weighted by molar-refractivity contribution is 7.89. The lowest BCUT2D eigenvalue weighted by Crippen LogP contribution is -2.33. The molecular weight excluding hydrogens is 320 g/mol. The topological polar surface area (TPSA) is 72.2 Å². The molecule has 3 rings (SSSR count). The maximum absolute atomic E-state index is 12.3. The zero-order valence-corrected chi connectivity index (χ0v) is 14.4. The van der Waals surface area contributed by atoms with E-state index in [9.17, 15) is 8.42 Å². The average Bonchev–Trinajstić information content (AvgIpc) is 2.36. The minimum absolute atomic E-state index is 0. The third-order valence-electron chi connectivity index (χ3n) is 4.82. The number of rotatable bonds is 5. The van der Waals surface area contributed by atoms with E-state index >= 15 is 0 Å². The molecule has 1 fully saturated rings. The van der Waals surface area contributed by atoms with Crippen LogP contribution in [0.1, 0.15) is 55.7 Å². The predicted octanol–water partition coefficient (Wildman–Crippen LogP) is 3.18. The van der Waals surface area contributed by atoms with Gasteiger partial charge >= 0.3 is 0 Å². The van der Waals surface area contributed by atoms with Crippen LogP contribution < -0.4 is 10.5 Å². The summed E-state index contributed by atoms with van der Waals surface area (Å²) in [5, 5.41) is 0. The molecule has 0 heterocycles. The van der Waals surface area contributed by atoms with Crippen molar-refractivity contribution < 1.29 is 8.42 Å². The Morgan fingerprint density at radius 1 is 1.18 bits per heavy atom. The molecule has 1 aromatic carbocycles. The molecule has 2 aliphatic carbocycles. The molecule has 1 atom stereocenters. The number of halogens is 1. The van der Waals surface area contributed by atoms with Crippen LogP contribution in [0.15, 0.2) is 18.2 Å². The zero-order valence-electron chi connectivity index (χ0n) is 12.8. The Morgan fingerprint density at radius 2 is 1.95 bits per heavy atom. The number of hydrogen-bond donors (Lipinski definition) is 2. The lowest BCUT2D eigenvalue weighted by molar-refractivity contribution is 0.307. The summed E-state index contributed by atoms with van der Waals surface area (Å²) >= 11 is 0. The highest BCUT2D eigenvalue weighted by atomic mass is 35.5. The number of fused-ring (bicyclic) bond motifs is 1. The first-order valence-corrected chi connectivity index (χ1v) is 9.57. The molecule has 124 valence electrons. The van der Waals surface area contributed by atoms with Crippen molar-refractivity contribution in [1.82, 2.24) is 4.72 Å². The highest BCUT2D eigenvalue weighted by Gasteiger charge is 2.26. The van der Waals surface area contributed by atoms with E-state index in [4.69, 9.17) is 5.73 Å². The summed E-state index contributed by atoms with van der Waals surface area (Å²) in [4.78, 5) is 0. The summed E-state index contributed by atoms with van der Waals surface area (Å²) in [6.07, 6.45) is 7.32. The highest BCUT2D eigenvalue weighted by Crippen LogP contribution is 2.32. The molecule has 1 unspecified atom stereocenters. The van der Waals surface area contributed by atoms with Crippen LogP contribution in [0.4, 0.5) is 5.69 Å². The van der Waals surface area contributed by atoms with Gasteiger partial charge in [0, 0.05) is 11.7 Å². The number of benzene rings is 1. The van der Waals surface area contributed by atoms with E-state index in [2.05, 4.69) is 4.72 Å². The van der Waals surface area contributed by atoms with Crippen molar-refractivity contribution in [3.63, 3.8) is 0 Å². The fourth-order valence-electron chi connectivity index (χ4n) is 3.34. The normalized spacial score (nSPS) is 21.5. The smallest absolute Gasteiger partial charge is 0.212 e. The van der Waals surface area contributed by atoms with Gasteiger partial charge in [0.1, 0.15) is 0 Å². The van der Waals surface area contributed by atoms with Crippen LogP contribution in [-0.2, 0) is 16.4 Å². The van der Waals surface area contributed by atoms with Crippen molar-refractivity contribution >= 4 is 28.1 Å². The third-order valence-corrected chi connectivity index (χ3v) is 6.24. The van der Waals surface area contributed by atoms with Crippen LogP contribution in [0, 0.1) is 5.92 Å². The molecule has 0 radical (unpaired) electrons. The molecule has 0 amide bonds. The van der Waals surface area contributed by atoms with Crippen molar-refractivity contribution in [2.75, 3.05) is 11.5 Å². The van der Waals surface area contributed by atoms with Gasteiger partial charge in [-0.3, -0.25) is 0 Å². The summed E-state index contributed by atoms with van der Waals surface area (Å²) in [7, 11) is -3.19. The van der Waals surface area contributed by atoms with E-state index in [1.807, 2.05) is 18.2 Å². The Hall–Kier alpha value is -0.780. The lowest BCUT2D eigenvalue weighted by atomic mass is 9.84. The number of nitrogen functional groups attached to an aromatic ring is 1. The van der Waals surface area contributed by atoms with Gasteiger partial charge in [0.05, 0.1) is 5.75 Å². The molecular formula is C16H25ClN2O2S. The van der Waals surface area contributed by atoms with E-state index in [-0.39, 0.29) is 24.2 Å². The molecule has 4 nitrogen and oxygen atoms in total. The summed E-state index contributed by atoms with van der Waals surface area (Å²) < 4.78 is 27.5. The van der Waals surface area contributed by atoms with Gasteiger partial charge in [-0.1, -0.05) is 25.3 Å². The molecule has 1 saturated carbocycles. The summed E-state index contributed by atoms with van der Waals surface area (Å²) in [5.41, 5.74) is 8.86. The van der Waals surface area contributed by atoms with E-state index in [0.717, 1.165) is 36.9 Å². The van der Waals surface area contributed by atoms with Gasteiger partial charge in [-0.15, -0.1) is 12.4 Å². The number of anilines is 1. The average molecular weight is 345 g/mol. The Labute approximate surface area is 139 Å². The first kappa shape index (κ1) is 17.6. The standard InChI is InChI=1S/C16H24N2O2S.ClH/c17-14-7-8-15-13(11-14)5-2-6-16(15)18-21(19,20)10-9-12-3-1-4-12;/h7-8,11-12,16,18H,1-6,9-10,17H2;1H. The first-order chi connectivity index (χ1) is 10.0. The van der Waals surface area contributed by atoms with E-state index in [1.54, 1.807) is 0 Å². The summed E-state index contributed by atoms with van der Waals surface area (Å²) in [5.74, 6) is 0.887. The Bertz CT molecular complexity index is 615. The number of aryl methyl sites for hydroxylation is 1. The molecule has 1 aromatic rings. The van der Waals surface area contributed by atoms with Gasteiger partial charge in [0.2, 0.25) is 10.0 Å². The Kier molecular flexibility index (Phi) is 5.75. The van der Waals surface area contributed by atoms with Gasteiger partial charge < -0.3 is 5.73 Å². The van der Waals surface area contributed by atoms with E-state index in [0.29, 0.717) is 5.92 Å². The Balaban J connectivity index is 0.00000176. The monoisotopic (exact) mass is 344 g/mol. The van der Waals surface area contributed by atoms with Crippen molar-refractivity contribution in [2.24, 2.45) is 5.92 Å². The minimum Gasteiger partial charge on any atom is -0.399 e. The van der Waals surface area contributed by atoms with E-state index in [1.165, 1.54) is 24.8 Å². The minimum atomic E-state index is -3.19. The number of nitrogens with two attached hydrogens (primary N) is 1. The predicted molar refractivity (Wildman–Crippen MR) is 92.7 cm³/mol. The molecule has 22 heavy (non-hydrogen) atoms. The van der Waals surface area contributed by atoms with Crippen LogP contribution in [0.25, 0.3) is 0 Å². The zero-order chi connectivity index (χ0) is 14.9. The third kappa shape index (κ3) is 4.15. The molecule has 0 spiro atoms. The number of sulfonamides is 1. The first-order valence-electron chi connectivity index (χ1n) is 7.92. The summed E-state index contributed by atoms with van der Waals surface area (Å²) in [6.45, 7) is 0. The van der Waals surface area contributed by atoms with Crippen LogP contribution in [0.2, 0.25) is 0 Å². The lowest BCUT2D eigenvalue weighted by Gasteiger charge is -2.28. The maximum Gasteiger partial charge on any atom is 0.212 e. The van der Waals surface area contributed by atoms with Gasteiger partial charge in [-0.05, 0) is 54.9 Å². The number of nitrogens with one attached hydrogen (secondary N) is 1.